The van der Waals surface area contributed by atoms with E-state index in [0.717, 1.165) is 0 Å². The molecule has 0 bridgehead atoms. The van der Waals surface area contributed by atoms with Gasteiger partial charge in [0, 0.05) is 38.3 Å². The van der Waals surface area contributed by atoms with Crippen molar-refractivity contribution < 1.29 is 9.59 Å². The van der Waals surface area contributed by atoms with Gasteiger partial charge in [0.2, 0.25) is 5.91 Å². The fraction of sp³-hybridized carbons (Fsp3) is 0.286. The van der Waals surface area contributed by atoms with Crippen molar-refractivity contribution in [2.24, 2.45) is 0 Å². The quantitative estimate of drug-likeness (QED) is 0.563. The monoisotopic (exact) mass is 424 g/mol. The van der Waals surface area contributed by atoms with E-state index in [0.29, 0.717) is 18.8 Å². The van der Waals surface area contributed by atoms with E-state index in [9.17, 15) is 19.2 Å². The molecule has 0 saturated carbocycles. The van der Waals surface area contributed by atoms with Gasteiger partial charge in [-0.15, -0.1) is 0 Å². The number of rotatable bonds is 8. The van der Waals surface area contributed by atoms with Gasteiger partial charge in [-0.3, -0.25) is 19.4 Å². The Kier molecular flexibility index (Phi) is 6.81. The van der Waals surface area contributed by atoms with E-state index in [1.54, 1.807) is 4.90 Å². The van der Waals surface area contributed by atoms with Gasteiger partial charge in [-0.05, 0) is 26.0 Å². The molecule has 2 N–H and O–H groups in total. The van der Waals surface area contributed by atoms with Gasteiger partial charge >= 0.3 is 5.69 Å². The molecule has 0 radical (unpaired) electrons. The number of anilines is 1. The summed E-state index contributed by atoms with van der Waals surface area (Å²) in [5.74, 6) is -0.370. The Labute approximate surface area is 178 Å². The van der Waals surface area contributed by atoms with Crippen molar-refractivity contribution in [2.75, 3.05) is 18.4 Å². The third kappa shape index (κ3) is 4.97. The van der Waals surface area contributed by atoms with Gasteiger partial charge in [-0.25, -0.2) is 9.48 Å². The highest BCUT2D eigenvalue weighted by Crippen LogP contribution is 2.22. The molecular weight excluding hydrogens is 400 g/mol. The minimum atomic E-state index is -0.591. The molecule has 0 atom stereocenters. The lowest BCUT2D eigenvalue weighted by atomic mass is 10.2. The maximum absolute atomic E-state index is 13.0. The van der Waals surface area contributed by atoms with Crippen molar-refractivity contribution in [2.45, 2.75) is 26.8 Å². The van der Waals surface area contributed by atoms with Crippen LogP contribution in [0.1, 0.15) is 30.6 Å². The van der Waals surface area contributed by atoms with Gasteiger partial charge in [-0.2, -0.15) is 5.10 Å². The summed E-state index contributed by atoms with van der Waals surface area (Å²) < 4.78 is 2.73. The molecule has 0 saturated heterocycles. The predicted molar refractivity (Wildman–Crippen MR) is 115 cm³/mol. The van der Waals surface area contributed by atoms with Crippen LogP contribution in [-0.4, -0.2) is 49.1 Å². The molecule has 2 aromatic heterocycles. The fourth-order valence-corrected chi connectivity index (χ4v) is 3.11. The summed E-state index contributed by atoms with van der Waals surface area (Å²) in [5.41, 5.74) is -0.126. The molecule has 31 heavy (non-hydrogen) atoms. The number of nitrogens with one attached hydrogen (secondary N) is 2. The van der Waals surface area contributed by atoms with E-state index >= 15 is 0 Å². The van der Waals surface area contributed by atoms with E-state index in [2.05, 4.69) is 15.4 Å². The first-order chi connectivity index (χ1) is 14.9. The lowest BCUT2D eigenvalue weighted by molar-refractivity contribution is -0.116. The number of amides is 2. The lowest BCUT2D eigenvalue weighted by Gasteiger charge is -2.19. The average Bonchev–Trinajstić information content (AvgIpc) is 3.18. The number of nitrogens with zero attached hydrogens (tertiary/aromatic N) is 4. The number of carbonyl (C=O) groups excluding carboxylic acids is 2. The Hall–Kier alpha value is -3.95. The Morgan fingerprint density at radius 1 is 1.10 bits per heavy atom. The number of hydrogen-bond acceptors (Lipinski definition) is 5. The zero-order valence-corrected chi connectivity index (χ0v) is 17.4. The number of para-hydroxylation sites is 1. The zero-order chi connectivity index (χ0) is 22.4. The topological polar surface area (TPSA) is 122 Å². The van der Waals surface area contributed by atoms with Gasteiger partial charge in [0.05, 0.1) is 11.9 Å². The summed E-state index contributed by atoms with van der Waals surface area (Å²) in [4.78, 5) is 52.4. The summed E-state index contributed by atoms with van der Waals surface area (Å²) in [6, 6.07) is 10.4. The van der Waals surface area contributed by atoms with Gasteiger partial charge in [0.15, 0.2) is 0 Å². The molecule has 0 fully saturated rings. The maximum Gasteiger partial charge on any atom is 0.328 e. The molecule has 1 aromatic carbocycles. The minimum absolute atomic E-state index is 0.0369. The molecule has 0 unspecified atom stereocenters. The SMILES string of the molecule is CCN(CC)C(=O)c1cnn(-c2ccccc2)c1NC(=O)CCn1ccc(=O)[nH]c1=O. The van der Waals surface area contributed by atoms with Crippen LogP contribution in [0.25, 0.3) is 5.69 Å². The van der Waals surface area contributed by atoms with E-state index in [4.69, 9.17) is 0 Å². The highest BCUT2D eigenvalue weighted by molar-refractivity contribution is 6.03. The van der Waals surface area contributed by atoms with Crippen LogP contribution >= 0.6 is 0 Å². The molecule has 0 aliphatic carbocycles. The van der Waals surface area contributed by atoms with Crippen molar-refractivity contribution in [1.29, 1.82) is 0 Å². The predicted octanol–water partition coefficient (Wildman–Crippen LogP) is 1.23. The first-order valence-electron chi connectivity index (χ1n) is 9.97. The number of aromatic amines is 1. The van der Waals surface area contributed by atoms with Crippen molar-refractivity contribution >= 4 is 17.6 Å². The molecule has 3 rings (SSSR count). The van der Waals surface area contributed by atoms with Gasteiger partial charge < -0.3 is 14.8 Å². The molecule has 2 heterocycles. The average molecular weight is 424 g/mol. The lowest BCUT2D eigenvalue weighted by Crippen LogP contribution is -2.32. The van der Waals surface area contributed by atoms with Gasteiger partial charge in [-0.1, -0.05) is 18.2 Å². The van der Waals surface area contributed by atoms with E-state index in [-0.39, 0.29) is 30.3 Å². The zero-order valence-electron chi connectivity index (χ0n) is 17.4. The van der Waals surface area contributed by atoms with Crippen molar-refractivity contribution in [3.8, 4) is 5.69 Å². The Balaban J connectivity index is 1.87. The number of H-pyrrole nitrogens is 1. The Morgan fingerprint density at radius 2 is 1.81 bits per heavy atom. The van der Waals surface area contributed by atoms with E-state index in [1.165, 1.54) is 27.7 Å². The summed E-state index contributed by atoms with van der Waals surface area (Å²) in [5, 5.41) is 7.08. The molecule has 0 aliphatic rings. The smallest absolute Gasteiger partial charge is 0.328 e. The van der Waals surface area contributed by atoms with Crippen molar-refractivity contribution in [3.63, 3.8) is 0 Å². The van der Waals surface area contributed by atoms with Crippen LogP contribution in [0, 0.1) is 0 Å². The highest BCUT2D eigenvalue weighted by Gasteiger charge is 2.23. The summed E-state index contributed by atoms with van der Waals surface area (Å²) in [7, 11) is 0. The molecule has 3 aromatic rings. The number of carbonyl (C=O) groups is 2. The molecule has 10 heteroatoms. The van der Waals surface area contributed by atoms with Crippen LogP contribution in [0.2, 0.25) is 0 Å². The van der Waals surface area contributed by atoms with Crippen LogP contribution < -0.4 is 16.6 Å². The third-order valence-corrected chi connectivity index (χ3v) is 4.79. The number of aryl methyl sites for hydroxylation is 1. The van der Waals surface area contributed by atoms with Crippen LogP contribution in [-0.2, 0) is 11.3 Å². The van der Waals surface area contributed by atoms with Gasteiger partial charge in [0.25, 0.3) is 11.5 Å². The normalized spacial score (nSPS) is 10.6. The van der Waals surface area contributed by atoms with Crippen LogP contribution in [0.3, 0.4) is 0 Å². The maximum atomic E-state index is 13.0. The molecule has 0 spiro atoms. The Bertz CT molecular complexity index is 1170. The molecule has 10 nitrogen and oxygen atoms in total. The number of aromatic nitrogens is 4. The Morgan fingerprint density at radius 3 is 2.45 bits per heavy atom. The highest BCUT2D eigenvalue weighted by atomic mass is 16.2. The summed E-state index contributed by atoms with van der Waals surface area (Å²) in [6.45, 7) is 4.87. The second-order valence-corrected chi connectivity index (χ2v) is 6.73. The van der Waals surface area contributed by atoms with Crippen molar-refractivity contribution in [3.05, 3.63) is 75.2 Å². The molecule has 162 valence electrons. The fourth-order valence-electron chi connectivity index (χ4n) is 3.11. The van der Waals surface area contributed by atoms with Gasteiger partial charge in [0.1, 0.15) is 11.4 Å². The number of benzene rings is 1. The number of hydrogen-bond donors (Lipinski definition) is 2. The summed E-state index contributed by atoms with van der Waals surface area (Å²) in [6.07, 6.45) is 2.73. The van der Waals surface area contributed by atoms with Crippen molar-refractivity contribution in [1.82, 2.24) is 24.2 Å². The largest absolute Gasteiger partial charge is 0.339 e. The standard InChI is InChI=1S/C21H24N6O4/c1-3-25(4-2)20(30)16-14-22-27(15-8-6-5-7-9-15)19(16)23-17(28)10-12-26-13-11-18(29)24-21(26)31/h5-9,11,13-14H,3-4,10,12H2,1-2H3,(H,23,28)(H,24,29,31). The second kappa shape index (κ2) is 9.70. The molecule has 2 amide bonds. The second-order valence-electron chi connectivity index (χ2n) is 6.73. The van der Waals surface area contributed by atoms with E-state index < -0.39 is 17.2 Å². The molecule has 0 aliphatic heterocycles. The first kappa shape index (κ1) is 21.8. The van der Waals surface area contributed by atoms with Crippen LogP contribution in [0.5, 0.6) is 0 Å². The minimum Gasteiger partial charge on any atom is -0.339 e. The van der Waals surface area contributed by atoms with E-state index in [1.807, 2.05) is 44.2 Å². The third-order valence-electron chi connectivity index (χ3n) is 4.79. The first-order valence-corrected chi connectivity index (χ1v) is 9.97. The molecular formula is C21H24N6O4. The van der Waals surface area contributed by atoms with Crippen LogP contribution in [0.15, 0.2) is 58.4 Å². The summed E-state index contributed by atoms with van der Waals surface area (Å²) >= 11 is 0. The van der Waals surface area contributed by atoms with Crippen LogP contribution in [0.4, 0.5) is 5.82 Å².